The molecule has 0 aromatic heterocycles. The first-order chi connectivity index (χ1) is 7.66. The maximum atomic E-state index is 11.8. The van der Waals surface area contributed by atoms with E-state index >= 15 is 0 Å². The monoisotopic (exact) mass is 220 g/mol. The lowest BCUT2D eigenvalue weighted by Crippen LogP contribution is -2.27. The molecule has 2 rings (SSSR count). The summed E-state index contributed by atoms with van der Waals surface area (Å²) in [5.74, 6) is -0.767. The molecule has 0 heterocycles. The van der Waals surface area contributed by atoms with Crippen molar-refractivity contribution in [3.05, 3.63) is 22.5 Å². The van der Waals surface area contributed by atoms with Crippen LogP contribution in [0.4, 0.5) is 0 Å². The average molecular weight is 220 g/mol. The van der Waals surface area contributed by atoms with E-state index in [1.807, 2.05) is 6.92 Å². The summed E-state index contributed by atoms with van der Waals surface area (Å²) < 4.78 is 0. The van der Waals surface area contributed by atoms with Crippen LogP contribution in [0.15, 0.2) is 22.5 Å². The zero-order valence-electron chi connectivity index (χ0n) is 9.51. The summed E-state index contributed by atoms with van der Waals surface area (Å²) in [5.41, 5.74) is 1.63. The molecule has 2 aliphatic carbocycles. The van der Waals surface area contributed by atoms with Gasteiger partial charge in [0.2, 0.25) is 11.6 Å². The second-order valence-corrected chi connectivity index (χ2v) is 4.40. The van der Waals surface area contributed by atoms with E-state index in [2.05, 4.69) is 0 Å². The molecule has 16 heavy (non-hydrogen) atoms. The minimum Gasteiger partial charge on any atom is -0.507 e. The fourth-order valence-electron chi connectivity index (χ4n) is 2.46. The Hall–Kier alpha value is -1.38. The molecule has 3 heteroatoms. The van der Waals surface area contributed by atoms with Crippen LogP contribution in [0.25, 0.3) is 0 Å². The summed E-state index contributed by atoms with van der Waals surface area (Å²) in [5, 5.41) is 10.0. The van der Waals surface area contributed by atoms with Crippen molar-refractivity contribution >= 4 is 11.6 Å². The molecular weight excluding hydrogens is 204 g/mol. The number of Topliss-reactive ketones (excluding diaryl/α,β-unsaturated/α-hetero) is 2. The van der Waals surface area contributed by atoms with E-state index in [4.69, 9.17) is 0 Å². The first-order valence-corrected chi connectivity index (χ1v) is 5.90. The van der Waals surface area contributed by atoms with Crippen molar-refractivity contribution in [2.24, 2.45) is 0 Å². The van der Waals surface area contributed by atoms with Crippen molar-refractivity contribution in [2.45, 2.75) is 45.4 Å². The highest BCUT2D eigenvalue weighted by atomic mass is 16.3. The van der Waals surface area contributed by atoms with Crippen LogP contribution in [0.1, 0.15) is 45.4 Å². The number of carbonyl (C=O) groups is 2. The number of rotatable bonds is 2. The summed E-state index contributed by atoms with van der Waals surface area (Å²) in [6.07, 6.45) is 4.56. The first-order valence-electron chi connectivity index (χ1n) is 5.90. The fourth-order valence-corrected chi connectivity index (χ4v) is 2.46. The summed E-state index contributed by atoms with van der Waals surface area (Å²) >= 11 is 0. The third-order valence-corrected chi connectivity index (χ3v) is 3.29. The van der Waals surface area contributed by atoms with Crippen LogP contribution < -0.4 is 0 Å². The Morgan fingerprint density at radius 1 is 1.06 bits per heavy atom. The highest BCUT2D eigenvalue weighted by Crippen LogP contribution is 2.35. The molecule has 0 saturated carbocycles. The van der Waals surface area contributed by atoms with Crippen LogP contribution in [0.3, 0.4) is 0 Å². The molecule has 1 N–H and O–H groups in total. The van der Waals surface area contributed by atoms with Gasteiger partial charge >= 0.3 is 0 Å². The molecule has 2 aliphatic rings. The van der Waals surface area contributed by atoms with Crippen LogP contribution >= 0.6 is 0 Å². The summed E-state index contributed by atoms with van der Waals surface area (Å²) in [7, 11) is 0. The molecule has 0 aromatic rings. The highest BCUT2D eigenvalue weighted by molar-refractivity contribution is 6.50. The van der Waals surface area contributed by atoms with Gasteiger partial charge < -0.3 is 5.11 Å². The quantitative estimate of drug-likeness (QED) is 0.575. The second-order valence-electron chi connectivity index (χ2n) is 4.40. The molecule has 0 aliphatic heterocycles. The molecule has 0 atom stereocenters. The van der Waals surface area contributed by atoms with Crippen LogP contribution in [-0.4, -0.2) is 16.7 Å². The molecule has 0 fully saturated rings. The zero-order chi connectivity index (χ0) is 11.7. The number of aliphatic hydroxyl groups excluding tert-OH is 1. The number of hydrogen-bond donors (Lipinski definition) is 1. The number of ketones is 2. The predicted octanol–water partition coefficient (Wildman–Crippen LogP) is 2.62. The summed E-state index contributed by atoms with van der Waals surface area (Å²) in [6, 6.07) is 0. The Morgan fingerprint density at radius 2 is 1.69 bits per heavy atom. The largest absolute Gasteiger partial charge is 0.507 e. The van der Waals surface area contributed by atoms with Crippen molar-refractivity contribution in [2.75, 3.05) is 0 Å². The van der Waals surface area contributed by atoms with Gasteiger partial charge in [0.15, 0.2) is 0 Å². The molecule has 0 spiro atoms. The molecule has 0 saturated heterocycles. The van der Waals surface area contributed by atoms with Crippen LogP contribution in [-0.2, 0) is 9.59 Å². The Kier molecular flexibility index (Phi) is 2.95. The fraction of sp³-hybridized carbons (Fsp3) is 0.538. The van der Waals surface area contributed by atoms with E-state index in [0.29, 0.717) is 24.0 Å². The zero-order valence-corrected chi connectivity index (χ0v) is 9.51. The summed E-state index contributed by atoms with van der Waals surface area (Å²) in [4.78, 5) is 23.6. The van der Waals surface area contributed by atoms with E-state index < -0.39 is 5.78 Å². The van der Waals surface area contributed by atoms with Crippen molar-refractivity contribution in [3.63, 3.8) is 0 Å². The van der Waals surface area contributed by atoms with Gasteiger partial charge in [-0.15, -0.1) is 0 Å². The molecule has 3 nitrogen and oxygen atoms in total. The van der Waals surface area contributed by atoms with Gasteiger partial charge in [-0.05, 0) is 32.1 Å². The maximum Gasteiger partial charge on any atom is 0.232 e. The predicted molar refractivity (Wildman–Crippen MR) is 60.1 cm³/mol. The number of hydrogen-bond acceptors (Lipinski definition) is 3. The lowest BCUT2D eigenvalue weighted by Gasteiger charge is -2.24. The van der Waals surface area contributed by atoms with Gasteiger partial charge in [-0.2, -0.15) is 0 Å². The lowest BCUT2D eigenvalue weighted by molar-refractivity contribution is -0.132. The topological polar surface area (TPSA) is 54.4 Å². The van der Waals surface area contributed by atoms with E-state index in [-0.39, 0.29) is 11.5 Å². The van der Waals surface area contributed by atoms with Crippen LogP contribution in [0.5, 0.6) is 0 Å². The third kappa shape index (κ3) is 1.60. The minimum atomic E-state index is -0.486. The standard InChI is InChI=1S/C13H16O3/c1-2-5-10-11(14)8-6-3-4-7-9(8)12(15)13(10)16/h14H,2-7H2,1H3. The Bertz CT molecular complexity index is 413. The van der Waals surface area contributed by atoms with Crippen molar-refractivity contribution in [1.82, 2.24) is 0 Å². The van der Waals surface area contributed by atoms with Gasteiger partial charge in [-0.1, -0.05) is 13.3 Å². The molecule has 0 bridgehead atoms. The molecule has 0 amide bonds. The molecule has 0 unspecified atom stereocenters. The molecule has 0 radical (unpaired) electrons. The van der Waals surface area contributed by atoms with Crippen molar-refractivity contribution in [3.8, 4) is 0 Å². The number of aliphatic hydroxyl groups is 1. The summed E-state index contributed by atoms with van der Waals surface area (Å²) in [6.45, 7) is 1.93. The van der Waals surface area contributed by atoms with E-state index in [1.165, 1.54) is 0 Å². The van der Waals surface area contributed by atoms with Gasteiger partial charge in [0.05, 0.1) is 0 Å². The van der Waals surface area contributed by atoms with E-state index in [9.17, 15) is 14.7 Å². The van der Waals surface area contributed by atoms with E-state index in [0.717, 1.165) is 31.3 Å². The van der Waals surface area contributed by atoms with Crippen molar-refractivity contribution in [1.29, 1.82) is 0 Å². The molecule has 0 aromatic carbocycles. The minimum absolute atomic E-state index is 0.0983. The van der Waals surface area contributed by atoms with Gasteiger partial charge in [-0.3, -0.25) is 9.59 Å². The number of allylic oxidation sites excluding steroid dienone is 3. The van der Waals surface area contributed by atoms with Crippen molar-refractivity contribution < 1.29 is 14.7 Å². The Morgan fingerprint density at radius 3 is 2.31 bits per heavy atom. The highest BCUT2D eigenvalue weighted by Gasteiger charge is 2.34. The smallest absolute Gasteiger partial charge is 0.232 e. The average Bonchev–Trinajstić information content (AvgIpc) is 2.32. The van der Waals surface area contributed by atoms with Crippen LogP contribution in [0.2, 0.25) is 0 Å². The normalized spacial score (nSPS) is 21.6. The maximum absolute atomic E-state index is 11.8. The Balaban J connectivity index is 2.48. The first kappa shape index (κ1) is 11.1. The lowest BCUT2D eigenvalue weighted by atomic mass is 9.79. The van der Waals surface area contributed by atoms with Gasteiger partial charge in [0.25, 0.3) is 0 Å². The molecular formula is C13H16O3. The second kappa shape index (κ2) is 4.24. The number of carbonyl (C=O) groups excluding carboxylic acids is 2. The van der Waals surface area contributed by atoms with Crippen LogP contribution in [0, 0.1) is 0 Å². The molecule has 86 valence electrons. The van der Waals surface area contributed by atoms with E-state index in [1.54, 1.807) is 0 Å². The Labute approximate surface area is 94.8 Å². The van der Waals surface area contributed by atoms with Gasteiger partial charge in [0, 0.05) is 16.7 Å². The third-order valence-electron chi connectivity index (χ3n) is 3.29. The van der Waals surface area contributed by atoms with Gasteiger partial charge in [-0.25, -0.2) is 0 Å². The van der Waals surface area contributed by atoms with Gasteiger partial charge in [0.1, 0.15) is 5.76 Å². The SMILES string of the molecule is CCCC1=C(O)C2=C(CCCC2)C(=O)C1=O.